The van der Waals surface area contributed by atoms with Crippen LogP contribution in [0.5, 0.6) is 0 Å². The van der Waals surface area contributed by atoms with Gasteiger partial charge in [-0.1, -0.05) is 0 Å². The summed E-state index contributed by atoms with van der Waals surface area (Å²) in [6.07, 6.45) is -0.569. The van der Waals surface area contributed by atoms with Crippen molar-refractivity contribution >= 4 is 17.7 Å². The minimum atomic E-state index is -0.536. The van der Waals surface area contributed by atoms with Crippen LogP contribution in [0.15, 0.2) is 6.07 Å². The zero-order valence-corrected chi connectivity index (χ0v) is 16.0. The molecule has 2 N–H and O–H groups in total. The molecule has 1 atom stereocenters. The second-order valence-corrected chi connectivity index (χ2v) is 7.13. The van der Waals surface area contributed by atoms with Gasteiger partial charge in [0.25, 0.3) is 5.91 Å². The first-order valence-corrected chi connectivity index (χ1v) is 8.59. The molecule has 1 unspecified atom stereocenters. The number of nitrogens with one attached hydrogen (secondary N) is 2. The first kappa shape index (κ1) is 19.9. The number of hydrogen-bond donors (Lipinski definition) is 2. The molecule has 2 rings (SSSR count). The average Bonchev–Trinajstić information content (AvgIpc) is 2.58. The lowest BCUT2D eigenvalue weighted by Gasteiger charge is -2.34. The molecule has 26 heavy (non-hydrogen) atoms. The van der Waals surface area contributed by atoms with Gasteiger partial charge in [-0.15, -0.1) is 5.10 Å². The molecule has 0 spiro atoms. The molecule has 1 fully saturated rings. The number of ether oxygens (including phenoxy) is 2. The highest BCUT2D eigenvalue weighted by atomic mass is 16.6. The van der Waals surface area contributed by atoms with Gasteiger partial charge in [0.2, 0.25) is 0 Å². The third-order valence-electron chi connectivity index (χ3n) is 3.67. The van der Waals surface area contributed by atoms with Crippen LogP contribution in [0, 0.1) is 6.92 Å². The molecular formula is C17H27N5O4. The Morgan fingerprint density at radius 2 is 2.12 bits per heavy atom. The third kappa shape index (κ3) is 5.55. The molecule has 2 amide bonds. The number of anilines is 1. The summed E-state index contributed by atoms with van der Waals surface area (Å²) < 4.78 is 11.1. The molecule has 1 saturated heterocycles. The maximum Gasteiger partial charge on any atom is 0.410 e. The summed E-state index contributed by atoms with van der Waals surface area (Å²) in [6.45, 7) is 9.07. The minimum absolute atomic E-state index is 0.220. The van der Waals surface area contributed by atoms with E-state index < -0.39 is 5.60 Å². The zero-order chi connectivity index (χ0) is 19.3. The minimum Gasteiger partial charge on any atom is -0.444 e. The van der Waals surface area contributed by atoms with Gasteiger partial charge in [-0.05, 0) is 33.8 Å². The van der Waals surface area contributed by atoms with Crippen LogP contribution in [-0.4, -0.2) is 72.1 Å². The van der Waals surface area contributed by atoms with E-state index in [2.05, 4.69) is 20.8 Å². The van der Waals surface area contributed by atoms with Gasteiger partial charge >= 0.3 is 6.09 Å². The molecular weight excluding hydrogens is 338 g/mol. The summed E-state index contributed by atoms with van der Waals surface area (Å²) in [7, 11) is 1.54. The molecule has 0 saturated carbocycles. The monoisotopic (exact) mass is 365 g/mol. The SMILES string of the molecule is CNC(=O)c1nnc(C)cc1NCC1CN(C(=O)OC(C)(C)C)CCO1. The van der Waals surface area contributed by atoms with E-state index in [0.717, 1.165) is 0 Å². The number of hydrogen-bond acceptors (Lipinski definition) is 7. The Bertz CT molecular complexity index is 659. The van der Waals surface area contributed by atoms with E-state index in [1.165, 1.54) is 7.05 Å². The quantitative estimate of drug-likeness (QED) is 0.825. The number of carbonyl (C=O) groups excluding carboxylic acids is 2. The van der Waals surface area contributed by atoms with Gasteiger partial charge in [0, 0.05) is 20.1 Å². The van der Waals surface area contributed by atoms with Crippen molar-refractivity contribution < 1.29 is 19.1 Å². The fourth-order valence-corrected chi connectivity index (χ4v) is 2.47. The maximum atomic E-state index is 12.2. The lowest BCUT2D eigenvalue weighted by molar-refractivity contribution is -0.0371. The van der Waals surface area contributed by atoms with Gasteiger partial charge in [-0.3, -0.25) is 4.79 Å². The molecule has 0 aromatic carbocycles. The van der Waals surface area contributed by atoms with Crippen LogP contribution < -0.4 is 10.6 Å². The molecule has 2 heterocycles. The van der Waals surface area contributed by atoms with Crippen molar-refractivity contribution in [1.82, 2.24) is 20.4 Å². The van der Waals surface area contributed by atoms with Crippen molar-refractivity contribution in [3.05, 3.63) is 17.5 Å². The van der Waals surface area contributed by atoms with Gasteiger partial charge in [-0.2, -0.15) is 5.10 Å². The molecule has 1 aliphatic rings. The number of nitrogens with zero attached hydrogens (tertiary/aromatic N) is 3. The van der Waals surface area contributed by atoms with Crippen LogP contribution in [0.25, 0.3) is 0 Å². The van der Waals surface area contributed by atoms with Crippen LogP contribution in [-0.2, 0) is 9.47 Å². The lowest BCUT2D eigenvalue weighted by Crippen LogP contribution is -2.49. The van der Waals surface area contributed by atoms with Gasteiger partial charge in [0.05, 0.1) is 30.6 Å². The topological polar surface area (TPSA) is 106 Å². The first-order chi connectivity index (χ1) is 12.2. The predicted molar refractivity (Wildman–Crippen MR) is 96.2 cm³/mol. The number of carbonyl (C=O) groups is 2. The lowest BCUT2D eigenvalue weighted by atomic mass is 10.2. The van der Waals surface area contributed by atoms with Gasteiger partial charge in [-0.25, -0.2) is 4.79 Å². The summed E-state index contributed by atoms with van der Waals surface area (Å²) in [5.74, 6) is -0.319. The summed E-state index contributed by atoms with van der Waals surface area (Å²) >= 11 is 0. The summed E-state index contributed by atoms with van der Waals surface area (Å²) in [6, 6.07) is 1.76. The van der Waals surface area contributed by atoms with Crippen LogP contribution in [0.1, 0.15) is 37.0 Å². The van der Waals surface area contributed by atoms with Crippen LogP contribution in [0.3, 0.4) is 0 Å². The van der Waals surface area contributed by atoms with Gasteiger partial charge in [0.1, 0.15) is 5.60 Å². The van der Waals surface area contributed by atoms with Gasteiger partial charge in [0.15, 0.2) is 5.69 Å². The molecule has 0 bridgehead atoms. The number of aryl methyl sites for hydroxylation is 1. The molecule has 9 nitrogen and oxygen atoms in total. The maximum absolute atomic E-state index is 12.2. The Hall–Kier alpha value is -2.42. The Morgan fingerprint density at radius 1 is 1.38 bits per heavy atom. The average molecular weight is 365 g/mol. The van der Waals surface area contributed by atoms with Crippen molar-refractivity contribution in [2.45, 2.75) is 39.4 Å². The highest BCUT2D eigenvalue weighted by molar-refractivity contribution is 5.97. The Labute approximate surface area is 153 Å². The number of morpholine rings is 1. The molecule has 9 heteroatoms. The number of aromatic nitrogens is 2. The van der Waals surface area contributed by atoms with E-state index in [1.54, 1.807) is 17.9 Å². The molecule has 1 aliphatic heterocycles. The summed E-state index contributed by atoms with van der Waals surface area (Å²) in [5.41, 5.74) is 0.957. The van der Waals surface area contributed by atoms with Gasteiger partial charge < -0.3 is 25.0 Å². The Kier molecular flexibility index (Phi) is 6.36. The van der Waals surface area contributed by atoms with E-state index in [4.69, 9.17) is 9.47 Å². The number of amides is 2. The van der Waals surface area contributed by atoms with E-state index >= 15 is 0 Å². The molecule has 0 aliphatic carbocycles. The predicted octanol–water partition coefficient (Wildman–Crippen LogP) is 1.19. The first-order valence-electron chi connectivity index (χ1n) is 8.59. The third-order valence-corrected chi connectivity index (χ3v) is 3.67. The summed E-state index contributed by atoms with van der Waals surface area (Å²) in [4.78, 5) is 25.8. The smallest absolute Gasteiger partial charge is 0.410 e. The molecule has 1 aromatic rings. The standard InChI is InChI=1S/C17H27N5O4/c1-11-8-13(14(21-20-11)15(23)18-5)19-9-12-10-22(6-7-25-12)16(24)26-17(2,3)4/h8,12H,6-7,9-10H2,1-5H3,(H,18,23)(H,19,20). The fourth-order valence-electron chi connectivity index (χ4n) is 2.47. The highest BCUT2D eigenvalue weighted by Gasteiger charge is 2.28. The van der Waals surface area contributed by atoms with E-state index in [1.807, 2.05) is 20.8 Å². The Morgan fingerprint density at radius 3 is 2.77 bits per heavy atom. The normalized spacial score (nSPS) is 17.6. The van der Waals surface area contributed by atoms with Crippen molar-refractivity contribution in [2.24, 2.45) is 0 Å². The second-order valence-electron chi connectivity index (χ2n) is 7.13. The zero-order valence-electron chi connectivity index (χ0n) is 16.0. The highest BCUT2D eigenvalue weighted by Crippen LogP contribution is 2.16. The molecule has 144 valence electrons. The van der Waals surface area contributed by atoms with Crippen molar-refractivity contribution in [3.63, 3.8) is 0 Å². The van der Waals surface area contributed by atoms with Crippen molar-refractivity contribution in [1.29, 1.82) is 0 Å². The van der Waals surface area contributed by atoms with E-state index in [9.17, 15) is 9.59 Å². The summed E-state index contributed by atoms with van der Waals surface area (Å²) in [5, 5.41) is 13.6. The largest absolute Gasteiger partial charge is 0.444 e. The van der Waals surface area contributed by atoms with E-state index in [-0.39, 0.29) is 23.8 Å². The second kappa shape index (κ2) is 8.31. The van der Waals surface area contributed by atoms with Crippen LogP contribution in [0.4, 0.5) is 10.5 Å². The fraction of sp³-hybridized carbons (Fsp3) is 0.647. The molecule has 0 radical (unpaired) electrons. The Balaban J connectivity index is 1.98. The van der Waals surface area contributed by atoms with Crippen LogP contribution >= 0.6 is 0 Å². The van der Waals surface area contributed by atoms with Crippen LogP contribution in [0.2, 0.25) is 0 Å². The van der Waals surface area contributed by atoms with Crippen molar-refractivity contribution in [3.8, 4) is 0 Å². The van der Waals surface area contributed by atoms with Crippen molar-refractivity contribution in [2.75, 3.05) is 38.6 Å². The number of rotatable bonds is 4. The molecule has 1 aromatic heterocycles. The van der Waals surface area contributed by atoms with E-state index in [0.29, 0.717) is 37.6 Å².